The van der Waals surface area contributed by atoms with E-state index in [9.17, 15) is 4.79 Å². The summed E-state index contributed by atoms with van der Waals surface area (Å²) in [4.78, 5) is 12.3. The molecule has 0 spiro atoms. The summed E-state index contributed by atoms with van der Waals surface area (Å²) in [6.07, 6.45) is 1.77. The van der Waals surface area contributed by atoms with Crippen LogP contribution in [0.2, 0.25) is 15.1 Å². The molecule has 0 atom stereocenters. The van der Waals surface area contributed by atoms with E-state index in [-0.39, 0.29) is 5.91 Å². The minimum absolute atomic E-state index is 0.328. The Labute approximate surface area is 167 Å². The van der Waals surface area contributed by atoms with Gasteiger partial charge in [0, 0.05) is 6.20 Å². The van der Waals surface area contributed by atoms with Crippen LogP contribution in [0.15, 0.2) is 53.1 Å². The van der Waals surface area contributed by atoms with Crippen LogP contribution >= 0.6 is 50.7 Å². The summed E-state index contributed by atoms with van der Waals surface area (Å²) < 4.78 is 2.35. The molecule has 3 aromatic rings. The predicted octanol–water partition coefficient (Wildman–Crippen LogP) is 5.91. The van der Waals surface area contributed by atoms with Gasteiger partial charge in [-0.3, -0.25) is 9.48 Å². The molecule has 0 saturated carbocycles. The molecule has 0 fully saturated rings. The van der Waals surface area contributed by atoms with E-state index in [1.807, 2.05) is 6.07 Å². The summed E-state index contributed by atoms with van der Waals surface area (Å²) in [5.74, 6) is 0.0797. The van der Waals surface area contributed by atoms with Gasteiger partial charge in [-0.25, -0.2) is 0 Å². The molecule has 0 saturated heterocycles. The van der Waals surface area contributed by atoms with Crippen LogP contribution in [0.5, 0.6) is 0 Å². The normalized spacial score (nSPS) is 10.7. The Morgan fingerprint density at radius 1 is 1.08 bits per heavy atom. The lowest BCUT2D eigenvalue weighted by Crippen LogP contribution is -2.13. The second-order valence-electron chi connectivity index (χ2n) is 5.21. The number of hydrogen-bond donors (Lipinski definition) is 1. The molecule has 0 radical (unpaired) electrons. The van der Waals surface area contributed by atoms with Crippen LogP contribution in [0.25, 0.3) is 0 Å². The van der Waals surface area contributed by atoms with E-state index in [2.05, 4.69) is 26.3 Å². The number of aromatic nitrogens is 2. The molecule has 0 bridgehead atoms. The van der Waals surface area contributed by atoms with Crippen LogP contribution in [0, 0.1) is 0 Å². The first kappa shape index (κ1) is 18.3. The fourth-order valence-corrected chi connectivity index (χ4v) is 3.17. The molecule has 8 heteroatoms. The highest BCUT2D eigenvalue weighted by Crippen LogP contribution is 2.25. The first-order chi connectivity index (χ1) is 11.9. The number of carbonyl (C=O) groups excluding carboxylic acids is 1. The molecular weight excluding hydrogens is 448 g/mol. The van der Waals surface area contributed by atoms with Gasteiger partial charge in [-0.2, -0.15) is 5.10 Å². The van der Waals surface area contributed by atoms with Gasteiger partial charge in [0.2, 0.25) is 0 Å². The van der Waals surface area contributed by atoms with Crippen molar-refractivity contribution in [2.75, 3.05) is 5.32 Å². The van der Waals surface area contributed by atoms with E-state index in [1.54, 1.807) is 47.3 Å². The fourth-order valence-electron chi connectivity index (χ4n) is 2.21. The van der Waals surface area contributed by atoms with Crippen LogP contribution in [0.4, 0.5) is 5.82 Å². The van der Waals surface area contributed by atoms with Crippen molar-refractivity contribution < 1.29 is 4.79 Å². The lowest BCUT2D eigenvalue weighted by molar-refractivity contribution is 0.102. The monoisotopic (exact) mass is 457 g/mol. The van der Waals surface area contributed by atoms with Crippen LogP contribution in [-0.4, -0.2) is 15.7 Å². The molecule has 3 rings (SSSR count). The van der Waals surface area contributed by atoms with Crippen molar-refractivity contribution in [1.82, 2.24) is 9.78 Å². The molecule has 4 nitrogen and oxygen atoms in total. The number of carbonyl (C=O) groups is 1. The summed E-state index contributed by atoms with van der Waals surface area (Å²) in [6, 6.07) is 12.2. The van der Waals surface area contributed by atoms with Gasteiger partial charge in [0.05, 0.1) is 31.6 Å². The van der Waals surface area contributed by atoms with Crippen molar-refractivity contribution in [3.05, 3.63) is 79.3 Å². The number of nitrogens with zero attached hydrogens (tertiary/aromatic N) is 2. The maximum atomic E-state index is 12.3. The third kappa shape index (κ3) is 4.36. The van der Waals surface area contributed by atoms with Gasteiger partial charge < -0.3 is 5.32 Å². The SMILES string of the molecule is O=C(Nc1nn(Cc2ccc(Cl)c(Cl)c2)cc1Br)c1ccccc1Cl. The van der Waals surface area contributed by atoms with Crippen LogP contribution < -0.4 is 5.32 Å². The average molecular weight is 460 g/mol. The Kier molecular flexibility index (Phi) is 5.69. The summed E-state index contributed by atoms with van der Waals surface area (Å²) in [7, 11) is 0. The highest BCUT2D eigenvalue weighted by molar-refractivity contribution is 9.10. The van der Waals surface area contributed by atoms with E-state index >= 15 is 0 Å². The van der Waals surface area contributed by atoms with Crippen LogP contribution in [-0.2, 0) is 6.54 Å². The van der Waals surface area contributed by atoms with Crippen molar-refractivity contribution in [3.8, 4) is 0 Å². The number of rotatable bonds is 4. The molecule has 0 aliphatic heterocycles. The van der Waals surface area contributed by atoms with E-state index in [0.29, 0.717) is 37.5 Å². The Hall–Kier alpha value is -1.53. The van der Waals surface area contributed by atoms with Gasteiger partial charge in [0.1, 0.15) is 0 Å². The highest BCUT2D eigenvalue weighted by Gasteiger charge is 2.14. The third-order valence-corrected chi connectivity index (χ3v) is 5.04. The van der Waals surface area contributed by atoms with Crippen molar-refractivity contribution in [1.29, 1.82) is 0 Å². The van der Waals surface area contributed by atoms with E-state index in [4.69, 9.17) is 34.8 Å². The van der Waals surface area contributed by atoms with Crippen molar-refractivity contribution >= 4 is 62.5 Å². The Bertz CT molecular complexity index is 943. The van der Waals surface area contributed by atoms with Gasteiger partial charge in [-0.15, -0.1) is 0 Å². The molecule has 1 amide bonds. The molecular formula is C17H11BrCl3N3O. The quantitative estimate of drug-likeness (QED) is 0.528. The van der Waals surface area contributed by atoms with Gasteiger partial charge >= 0.3 is 0 Å². The smallest absolute Gasteiger partial charge is 0.258 e. The van der Waals surface area contributed by atoms with Gasteiger partial charge in [-0.05, 0) is 45.8 Å². The molecule has 128 valence electrons. The summed E-state index contributed by atoms with van der Waals surface area (Å²) >= 11 is 21.4. The number of benzene rings is 2. The topological polar surface area (TPSA) is 46.9 Å². The summed E-state index contributed by atoms with van der Waals surface area (Å²) in [5.41, 5.74) is 1.32. The van der Waals surface area contributed by atoms with Crippen LogP contribution in [0.1, 0.15) is 15.9 Å². The van der Waals surface area contributed by atoms with E-state index < -0.39 is 0 Å². The predicted molar refractivity (Wildman–Crippen MR) is 105 cm³/mol. The largest absolute Gasteiger partial charge is 0.304 e. The number of amides is 1. The molecule has 0 aliphatic carbocycles. The standard InChI is InChI=1S/C17H11BrCl3N3O/c18-12-9-24(8-10-5-6-14(20)15(21)7-10)23-16(12)22-17(25)11-3-1-2-4-13(11)19/h1-7,9H,8H2,(H,22,23,25). The van der Waals surface area contributed by atoms with Crippen molar-refractivity contribution in [2.24, 2.45) is 0 Å². The molecule has 2 aromatic carbocycles. The lowest BCUT2D eigenvalue weighted by Gasteiger charge is -2.05. The van der Waals surface area contributed by atoms with Crippen molar-refractivity contribution in [2.45, 2.75) is 6.54 Å². The summed E-state index contributed by atoms with van der Waals surface area (Å²) in [5, 5.41) is 8.48. The number of anilines is 1. The lowest BCUT2D eigenvalue weighted by atomic mass is 10.2. The maximum Gasteiger partial charge on any atom is 0.258 e. The molecule has 0 unspecified atom stereocenters. The minimum atomic E-state index is -0.328. The number of halogens is 4. The second-order valence-corrected chi connectivity index (χ2v) is 7.28. The molecule has 1 aromatic heterocycles. The maximum absolute atomic E-state index is 12.3. The van der Waals surface area contributed by atoms with Gasteiger partial charge in [-0.1, -0.05) is 53.0 Å². The van der Waals surface area contributed by atoms with E-state index in [1.165, 1.54) is 0 Å². The average Bonchev–Trinajstić information content (AvgIpc) is 2.90. The van der Waals surface area contributed by atoms with Crippen molar-refractivity contribution in [3.63, 3.8) is 0 Å². The van der Waals surface area contributed by atoms with Gasteiger partial charge in [0.15, 0.2) is 5.82 Å². The molecule has 1 heterocycles. The first-order valence-corrected chi connectivity index (χ1v) is 9.09. The fraction of sp³-hybridized carbons (Fsp3) is 0.0588. The number of nitrogens with one attached hydrogen (secondary N) is 1. The zero-order valence-electron chi connectivity index (χ0n) is 12.6. The number of hydrogen-bond acceptors (Lipinski definition) is 2. The summed E-state index contributed by atoms with van der Waals surface area (Å²) in [6.45, 7) is 0.484. The highest BCUT2D eigenvalue weighted by atomic mass is 79.9. The Morgan fingerprint density at radius 3 is 2.56 bits per heavy atom. The zero-order chi connectivity index (χ0) is 18.0. The third-order valence-electron chi connectivity index (χ3n) is 3.40. The molecule has 0 aliphatic rings. The Balaban J connectivity index is 1.77. The molecule has 25 heavy (non-hydrogen) atoms. The second kappa shape index (κ2) is 7.79. The molecule has 1 N–H and O–H groups in total. The van der Waals surface area contributed by atoms with Gasteiger partial charge in [0.25, 0.3) is 5.91 Å². The first-order valence-electron chi connectivity index (χ1n) is 7.17. The minimum Gasteiger partial charge on any atom is -0.304 e. The van der Waals surface area contributed by atoms with E-state index in [0.717, 1.165) is 5.56 Å². The van der Waals surface area contributed by atoms with Crippen LogP contribution in [0.3, 0.4) is 0 Å². The zero-order valence-corrected chi connectivity index (χ0v) is 16.5. The Morgan fingerprint density at radius 2 is 1.84 bits per heavy atom.